The van der Waals surface area contributed by atoms with Crippen LogP contribution in [0.3, 0.4) is 0 Å². The van der Waals surface area contributed by atoms with Gasteiger partial charge in [-0.05, 0) is 39.8 Å². The molecule has 0 fully saturated rings. The molecule has 1 aromatic carbocycles. The van der Waals surface area contributed by atoms with Crippen molar-refractivity contribution in [3.8, 4) is 0 Å². The first-order valence-corrected chi connectivity index (χ1v) is 11.1. The normalized spacial score (nSPS) is 12.1. The number of hydrogen-bond donors (Lipinski definition) is 1. The third-order valence-electron chi connectivity index (χ3n) is 4.33. The van der Waals surface area contributed by atoms with E-state index < -0.39 is 22.0 Å². The molecule has 148 valence electrons. The zero-order valence-electron chi connectivity index (χ0n) is 16.1. The Morgan fingerprint density at radius 2 is 1.93 bits per heavy atom. The summed E-state index contributed by atoms with van der Waals surface area (Å²) in [5.41, 5.74) is 1.23. The van der Waals surface area contributed by atoms with Crippen LogP contribution in [-0.2, 0) is 14.8 Å². The number of nitrogens with one attached hydrogen (secondary N) is 1. The Morgan fingerprint density at radius 1 is 1.21 bits per heavy atom. The van der Waals surface area contributed by atoms with Crippen molar-refractivity contribution in [1.29, 1.82) is 0 Å². The van der Waals surface area contributed by atoms with Crippen LogP contribution in [0.15, 0.2) is 41.4 Å². The van der Waals surface area contributed by atoms with Crippen molar-refractivity contribution < 1.29 is 13.2 Å². The molecular weight excluding hydrogens is 396 g/mol. The lowest BCUT2D eigenvalue weighted by atomic mass is 10.2. The van der Waals surface area contributed by atoms with Gasteiger partial charge in [-0.2, -0.15) is 4.31 Å². The molecule has 2 aromatic heterocycles. The van der Waals surface area contributed by atoms with Crippen LogP contribution in [0.25, 0.3) is 10.9 Å². The summed E-state index contributed by atoms with van der Waals surface area (Å²) in [6, 6.07) is 8.16. The molecule has 0 atom stereocenters. The molecule has 0 aliphatic carbocycles. The fraction of sp³-hybridized carbons (Fsp3) is 0.316. The molecule has 9 heteroatoms. The van der Waals surface area contributed by atoms with Gasteiger partial charge in [0.05, 0.1) is 17.8 Å². The molecule has 0 saturated heterocycles. The Balaban J connectivity index is 1.91. The predicted molar refractivity (Wildman–Crippen MR) is 111 cm³/mol. The van der Waals surface area contributed by atoms with Gasteiger partial charge in [0.15, 0.2) is 5.13 Å². The van der Waals surface area contributed by atoms with Crippen LogP contribution in [0.5, 0.6) is 0 Å². The number of thiazole rings is 1. The summed E-state index contributed by atoms with van der Waals surface area (Å²) in [5.74, 6) is -0.431. The van der Waals surface area contributed by atoms with E-state index in [0.717, 1.165) is 16.0 Å². The van der Waals surface area contributed by atoms with Gasteiger partial charge in [-0.1, -0.05) is 18.2 Å². The number of amides is 1. The van der Waals surface area contributed by atoms with E-state index >= 15 is 0 Å². The number of carbonyl (C=O) groups is 1. The number of benzene rings is 1. The number of fused-ring (bicyclic) bond motifs is 1. The van der Waals surface area contributed by atoms with E-state index in [1.54, 1.807) is 44.3 Å². The Hall–Kier alpha value is -2.36. The van der Waals surface area contributed by atoms with Crippen LogP contribution >= 0.6 is 11.3 Å². The van der Waals surface area contributed by atoms with Gasteiger partial charge < -0.3 is 5.32 Å². The molecule has 7 nitrogen and oxygen atoms in total. The highest BCUT2D eigenvalue weighted by Crippen LogP contribution is 2.26. The van der Waals surface area contributed by atoms with E-state index in [0.29, 0.717) is 10.6 Å². The molecule has 1 amide bonds. The van der Waals surface area contributed by atoms with Gasteiger partial charge in [0.1, 0.15) is 4.90 Å². The fourth-order valence-corrected chi connectivity index (χ4v) is 5.37. The first kappa shape index (κ1) is 20.4. The van der Waals surface area contributed by atoms with E-state index in [9.17, 15) is 13.2 Å². The number of sulfonamides is 1. The van der Waals surface area contributed by atoms with Crippen LogP contribution in [0.2, 0.25) is 0 Å². The maximum Gasteiger partial charge on any atom is 0.245 e. The van der Waals surface area contributed by atoms with Crippen LogP contribution < -0.4 is 5.32 Å². The number of anilines is 1. The first-order chi connectivity index (χ1) is 13.2. The second-order valence-electron chi connectivity index (χ2n) is 6.68. The number of pyridine rings is 1. The highest BCUT2D eigenvalue weighted by Gasteiger charge is 2.31. The zero-order valence-corrected chi connectivity index (χ0v) is 17.8. The molecule has 28 heavy (non-hydrogen) atoms. The summed E-state index contributed by atoms with van der Waals surface area (Å²) in [4.78, 5) is 22.1. The van der Waals surface area contributed by atoms with Gasteiger partial charge in [0, 0.05) is 22.5 Å². The summed E-state index contributed by atoms with van der Waals surface area (Å²) in [5, 5.41) is 3.89. The minimum atomic E-state index is -3.92. The Kier molecular flexibility index (Phi) is 5.78. The second-order valence-corrected chi connectivity index (χ2v) is 9.75. The quantitative estimate of drug-likeness (QED) is 0.663. The number of aryl methyl sites for hydroxylation is 2. The van der Waals surface area contributed by atoms with Crippen molar-refractivity contribution >= 4 is 43.3 Å². The maximum atomic E-state index is 13.3. The molecule has 3 rings (SSSR count). The molecule has 0 aliphatic heterocycles. The molecule has 0 saturated carbocycles. The van der Waals surface area contributed by atoms with Crippen molar-refractivity contribution in [3.63, 3.8) is 0 Å². The molecule has 0 radical (unpaired) electrons. The third kappa shape index (κ3) is 4.06. The number of aromatic nitrogens is 2. The molecule has 0 unspecified atom stereocenters. The smallest absolute Gasteiger partial charge is 0.245 e. The molecule has 0 spiro atoms. The molecule has 1 N–H and O–H groups in total. The minimum absolute atomic E-state index is 0.0908. The zero-order chi connectivity index (χ0) is 20.5. The number of para-hydroxylation sites is 1. The van der Waals surface area contributed by atoms with Crippen molar-refractivity contribution in [2.45, 2.75) is 38.6 Å². The predicted octanol–water partition coefficient (Wildman–Crippen LogP) is 3.35. The SMILES string of the molecule is Cc1nc(NC(=O)CN(C(C)C)S(=O)(=O)c2cccc3cccnc23)sc1C. The minimum Gasteiger partial charge on any atom is -0.301 e. The third-order valence-corrected chi connectivity index (χ3v) is 7.37. The van der Waals surface area contributed by atoms with Crippen molar-refractivity contribution in [1.82, 2.24) is 14.3 Å². The lowest BCUT2D eigenvalue weighted by Crippen LogP contribution is -2.42. The van der Waals surface area contributed by atoms with E-state index in [1.807, 2.05) is 13.8 Å². The summed E-state index contributed by atoms with van der Waals surface area (Å²) >= 11 is 1.36. The van der Waals surface area contributed by atoms with Gasteiger partial charge in [0.2, 0.25) is 15.9 Å². The summed E-state index contributed by atoms with van der Waals surface area (Å²) in [6.45, 7) is 6.95. The van der Waals surface area contributed by atoms with Gasteiger partial charge in [-0.3, -0.25) is 9.78 Å². The molecule has 0 aliphatic rings. The average Bonchev–Trinajstić information content (AvgIpc) is 2.95. The number of rotatable bonds is 6. The van der Waals surface area contributed by atoms with E-state index in [1.165, 1.54) is 21.7 Å². The summed E-state index contributed by atoms with van der Waals surface area (Å²) < 4.78 is 27.8. The monoisotopic (exact) mass is 418 g/mol. The van der Waals surface area contributed by atoms with Gasteiger partial charge in [-0.25, -0.2) is 13.4 Å². The topological polar surface area (TPSA) is 92.3 Å². The van der Waals surface area contributed by atoms with Crippen LogP contribution in [0.1, 0.15) is 24.4 Å². The lowest BCUT2D eigenvalue weighted by Gasteiger charge is -2.25. The van der Waals surface area contributed by atoms with E-state index in [4.69, 9.17) is 0 Å². The van der Waals surface area contributed by atoms with Crippen LogP contribution in [0.4, 0.5) is 5.13 Å². The second kappa shape index (κ2) is 7.94. The van der Waals surface area contributed by atoms with Gasteiger partial charge >= 0.3 is 0 Å². The number of carbonyl (C=O) groups excluding carboxylic acids is 1. The van der Waals surface area contributed by atoms with Gasteiger partial charge in [-0.15, -0.1) is 11.3 Å². The Labute approximate surface area is 168 Å². The highest BCUT2D eigenvalue weighted by molar-refractivity contribution is 7.89. The maximum absolute atomic E-state index is 13.3. The van der Waals surface area contributed by atoms with Crippen molar-refractivity contribution in [3.05, 3.63) is 47.1 Å². The van der Waals surface area contributed by atoms with Gasteiger partial charge in [0.25, 0.3) is 0 Å². The van der Waals surface area contributed by atoms with E-state index in [2.05, 4.69) is 15.3 Å². The largest absolute Gasteiger partial charge is 0.301 e. The number of nitrogens with zero attached hydrogens (tertiary/aromatic N) is 3. The Bertz CT molecular complexity index is 1100. The van der Waals surface area contributed by atoms with Crippen molar-refractivity contribution in [2.75, 3.05) is 11.9 Å². The number of hydrogen-bond acceptors (Lipinski definition) is 6. The molecule has 3 aromatic rings. The van der Waals surface area contributed by atoms with Crippen molar-refractivity contribution in [2.24, 2.45) is 0 Å². The summed E-state index contributed by atoms with van der Waals surface area (Å²) in [7, 11) is -3.92. The molecule has 0 bridgehead atoms. The van der Waals surface area contributed by atoms with E-state index in [-0.39, 0.29) is 11.4 Å². The fourth-order valence-electron chi connectivity index (χ4n) is 2.78. The Morgan fingerprint density at radius 3 is 2.57 bits per heavy atom. The van der Waals surface area contributed by atoms with Crippen LogP contribution in [-0.4, -0.2) is 41.2 Å². The van der Waals surface area contributed by atoms with Crippen LogP contribution in [0, 0.1) is 13.8 Å². The molecular formula is C19H22N4O3S2. The standard InChI is InChI=1S/C19H22N4O3S2/c1-12(2)23(11-17(24)22-19-21-13(3)14(4)27-19)28(25,26)16-9-5-7-15-8-6-10-20-18(15)16/h5-10,12H,11H2,1-4H3,(H,21,22,24). The summed E-state index contributed by atoms with van der Waals surface area (Å²) in [6.07, 6.45) is 1.56. The lowest BCUT2D eigenvalue weighted by molar-refractivity contribution is -0.116. The highest BCUT2D eigenvalue weighted by atomic mass is 32.2. The average molecular weight is 419 g/mol. The molecule has 2 heterocycles. The first-order valence-electron chi connectivity index (χ1n) is 8.79.